The van der Waals surface area contributed by atoms with E-state index in [-0.39, 0.29) is 11.4 Å². The molecule has 0 unspecified atom stereocenters. The summed E-state index contributed by atoms with van der Waals surface area (Å²) in [5.41, 5.74) is 0.278. The highest BCUT2D eigenvalue weighted by molar-refractivity contribution is 7.92. The summed E-state index contributed by atoms with van der Waals surface area (Å²) in [4.78, 5) is 3.33. The van der Waals surface area contributed by atoms with Crippen LogP contribution in [0.1, 0.15) is 13.3 Å². The summed E-state index contributed by atoms with van der Waals surface area (Å²) in [6, 6.07) is 2.43. The van der Waals surface area contributed by atoms with Crippen molar-refractivity contribution in [2.24, 2.45) is 0 Å². The van der Waals surface area contributed by atoms with Gasteiger partial charge in [-0.25, -0.2) is 13.4 Å². The van der Waals surface area contributed by atoms with Crippen molar-refractivity contribution < 1.29 is 12.8 Å². The highest BCUT2D eigenvalue weighted by Gasteiger charge is 2.08. The zero-order valence-electron chi connectivity index (χ0n) is 7.70. The molecule has 1 heterocycles. The molecule has 0 aliphatic rings. The molecule has 4 nitrogen and oxygen atoms in total. The third kappa shape index (κ3) is 3.29. The van der Waals surface area contributed by atoms with Crippen LogP contribution in [-0.4, -0.2) is 19.2 Å². The van der Waals surface area contributed by atoms with Crippen molar-refractivity contribution in [1.29, 1.82) is 0 Å². The van der Waals surface area contributed by atoms with Crippen molar-refractivity contribution in [3.05, 3.63) is 24.3 Å². The smallest absolute Gasteiger partial charge is 0.232 e. The van der Waals surface area contributed by atoms with Crippen LogP contribution in [0.25, 0.3) is 0 Å². The summed E-state index contributed by atoms with van der Waals surface area (Å²) < 4.78 is 37.2. The average molecular weight is 218 g/mol. The molecule has 0 amide bonds. The molecule has 1 aromatic rings. The number of sulfonamides is 1. The van der Waals surface area contributed by atoms with Crippen molar-refractivity contribution in [2.75, 3.05) is 10.5 Å². The second-order valence-electron chi connectivity index (χ2n) is 2.79. The van der Waals surface area contributed by atoms with Gasteiger partial charge in [0.2, 0.25) is 16.0 Å². The lowest BCUT2D eigenvalue weighted by Crippen LogP contribution is -2.16. The van der Waals surface area contributed by atoms with Crippen LogP contribution in [0.3, 0.4) is 0 Å². The Balaban J connectivity index is 2.74. The lowest BCUT2D eigenvalue weighted by Gasteiger charge is -2.05. The number of nitrogens with zero attached hydrogens (tertiary/aromatic N) is 1. The Hall–Kier alpha value is -1.17. The van der Waals surface area contributed by atoms with Gasteiger partial charge in [-0.05, 0) is 18.6 Å². The molecule has 1 N–H and O–H groups in total. The largest absolute Gasteiger partial charge is 0.282 e. The first kappa shape index (κ1) is 10.9. The Kier molecular flexibility index (Phi) is 3.40. The number of rotatable bonds is 4. The van der Waals surface area contributed by atoms with E-state index in [0.29, 0.717) is 6.42 Å². The molecule has 0 aliphatic heterocycles. The first-order chi connectivity index (χ1) is 6.53. The van der Waals surface area contributed by atoms with Gasteiger partial charge in [-0.3, -0.25) is 4.72 Å². The molecule has 1 rings (SSSR count). The van der Waals surface area contributed by atoms with Crippen LogP contribution in [0.5, 0.6) is 0 Å². The maximum Gasteiger partial charge on any atom is 0.232 e. The van der Waals surface area contributed by atoms with E-state index in [1.54, 1.807) is 6.92 Å². The summed E-state index contributed by atoms with van der Waals surface area (Å²) in [5, 5.41) is 0. The van der Waals surface area contributed by atoms with E-state index >= 15 is 0 Å². The molecule has 0 saturated heterocycles. The molecule has 6 heteroatoms. The van der Waals surface area contributed by atoms with Crippen LogP contribution in [0, 0.1) is 5.95 Å². The number of hydrogen-bond acceptors (Lipinski definition) is 3. The highest BCUT2D eigenvalue weighted by atomic mass is 32.2. The van der Waals surface area contributed by atoms with Gasteiger partial charge in [0.25, 0.3) is 0 Å². The minimum absolute atomic E-state index is 0.0460. The van der Waals surface area contributed by atoms with Crippen molar-refractivity contribution in [3.8, 4) is 0 Å². The molecule has 0 radical (unpaired) electrons. The van der Waals surface area contributed by atoms with Crippen molar-refractivity contribution in [1.82, 2.24) is 4.98 Å². The third-order valence-electron chi connectivity index (χ3n) is 1.47. The number of hydrogen-bond donors (Lipinski definition) is 1. The summed E-state index contributed by atoms with van der Waals surface area (Å²) >= 11 is 0. The minimum atomic E-state index is -3.31. The van der Waals surface area contributed by atoms with Crippen molar-refractivity contribution in [3.63, 3.8) is 0 Å². The first-order valence-electron chi connectivity index (χ1n) is 4.15. The zero-order chi connectivity index (χ0) is 10.6. The molecular formula is C8H11FN2O2S. The van der Waals surface area contributed by atoms with Crippen molar-refractivity contribution >= 4 is 15.7 Å². The monoisotopic (exact) mass is 218 g/mol. The van der Waals surface area contributed by atoms with Gasteiger partial charge >= 0.3 is 0 Å². The molecule has 1 aromatic heterocycles. The van der Waals surface area contributed by atoms with E-state index < -0.39 is 16.0 Å². The predicted octanol–water partition coefficient (Wildman–Crippen LogP) is 1.37. The number of aromatic nitrogens is 1. The van der Waals surface area contributed by atoms with E-state index in [9.17, 15) is 12.8 Å². The predicted molar refractivity (Wildman–Crippen MR) is 51.9 cm³/mol. The lowest BCUT2D eigenvalue weighted by molar-refractivity contribution is 0.583. The third-order valence-corrected chi connectivity index (χ3v) is 2.97. The Bertz CT molecular complexity index is 388. The van der Waals surface area contributed by atoms with E-state index in [2.05, 4.69) is 9.71 Å². The Labute approximate surface area is 82.2 Å². The second kappa shape index (κ2) is 4.36. The van der Waals surface area contributed by atoms with Crippen molar-refractivity contribution in [2.45, 2.75) is 13.3 Å². The van der Waals surface area contributed by atoms with Gasteiger partial charge in [0.05, 0.1) is 17.6 Å². The Morgan fingerprint density at radius 2 is 2.21 bits per heavy atom. The summed E-state index contributed by atoms with van der Waals surface area (Å²) in [5.74, 6) is -0.590. The lowest BCUT2D eigenvalue weighted by atomic mass is 10.4. The minimum Gasteiger partial charge on any atom is -0.282 e. The normalized spacial score (nSPS) is 11.3. The van der Waals surface area contributed by atoms with Gasteiger partial charge in [-0.2, -0.15) is 4.39 Å². The van der Waals surface area contributed by atoms with Gasteiger partial charge in [-0.15, -0.1) is 0 Å². The van der Waals surface area contributed by atoms with Gasteiger partial charge in [0, 0.05) is 0 Å². The topological polar surface area (TPSA) is 59.1 Å². The van der Waals surface area contributed by atoms with Gasteiger partial charge in [0.1, 0.15) is 0 Å². The van der Waals surface area contributed by atoms with Crippen LogP contribution in [-0.2, 0) is 10.0 Å². The summed E-state index contributed by atoms with van der Waals surface area (Å²) in [6.07, 6.45) is 1.67. The molecule has 0 spiro atoms. The SMILES string of the molecule is CCCS(=O)(=O)Nc1ccc(F)nc1. The first-order valence-corrected chi connectivity index (χ1v) is 5.81. The molecule has 0 bridgehead atoms. The van der Waals surface area contributed by atoms with Gasteiger partial charge in [0.15, 0.2) is 0 Å². The van der Waals surface area contributed by atoms with Crippen LogP contribution in [0.15, 0.2) is 18.3 Å². The van der Waals surface area contributed by atoms with Crippen LogP contribution >= 0.6 is 0 Å². The average Bonchev–Trinajstić information content (AvgIpc) is 2.08. The maximum absolute atomic E-state index is 12.4. The second-order valence-corrected chi connectivity index (χ2v) is 4.63. The molecule has 0 atom stereocenters. The van der Waals surface area contributed by atoms with E-state index in [0.717, 1.165) is 12.3 Å². The molecule has 78 valence electrons. The molecule has 0 fully saturated rings. The quantitative estimate of drug-likeness (QED) is 0.776. The zero-order valence-corrected chi connectivity index (χ0v) is 8.51. The molecule has 0 aliphatic carbocycles. The number of nitrogens with one attached hydrogen (secondary N) is 1. The molecule has 0 aromatic carbocycles. The molecule has 0 saturated carbocycles. The van der Waals surface area contributed by atoms with E-state index in [4.69, 9.17) is 0 Å². The molecule has 14 heavy (non-hydrogen) atoms. The number of halogens is 1. The fraction of sp³-hybridized carbons (Fsp3) is 0.375. The fourth-order valence-corrected chi connectivity index (χ4v) is 2.05. The van der Waals surface area contributed by atoms with Crippen LogP contribution in [0.4, 0.5) is 10.1 Å². The summed E-state index contributed by atoms with van der Waals surface area (Å²) in [7, 11) is -3.31. The number of anilines is 1. The Morgan fingerprint density at radius 3 is 2.71 bits per heavy atom. The van der Waals surface area contributed by atoms with Crippen LogP contribution < -0.4 is 4.72 Å². The highest BCUT2D eigenvalue weighted by Crippen LogP contribution is 2.08. The van der Waals surface area contributed by atoms with Gasteiger partial charge in [-0.1, -0.05) is 6.92 Å². The summed E-state index contributed by atoms with van der Waals surface area (Å²) in [6.45, 7) is 1.77. The van der Waals surface area contributed by atoms with E-state index in [1.807, 2.05) is 0 Å². The van der Waals surface area contributed by atoms with E-state index in [1.165, 1.54) is 6.07 Å². The van der Waals surface area contributed by atoms with Crippen LogP contribution in [0.2, 0.25) is 0 Å². The standard InChI is InChI=1S/C8H11FN2O2S/c1-2-5-14(12,13)11-7-3-4-8(9)10-6-7/h3-4,6,11H,2,5H2,1H3. The fourth-order valence-electron chi connectivity index (χ4n) is 0.936. The maximum atomic E-state index is 12.4. The Morgan fingerprint density at radius 1 is 1.50 bits per heavy atom. The number of pyridine rings is 1. The molecular weight excluding hydrogens is 207 g/mol. The van der Waals surface area contributed by atoms with Gasteiger partial charge < -0.3 is 0 Å².